The molecule has 0 saturated carbocycles. The maximum Gasteiger partial charge on any atom is 0.224 e. The van der Waals surface area contributed by atoms with Crippen molar-refractivity contribution in [2.45, 2.75) is 33.6 Å². The van der Waals surface area contributed by atoms with E-state index in [9.17, 15) is 0 Å². The van der Waals surface area contributed by atoms with Crippen LogP contribution in [0.2, 0.25) is 5.02 Å². The number of anilines is 1. The molecule has 0 radical (unpaired) electrons. The number of benzene rings is 1. The van der Waals surface area contributed by atoms with Crippen LogP contribution in [-0.4, -0.2) is 9.97 Å². The zero-order valence-electron chi connectivity index (χ0n) is 12.1. The SMILES string of the molecule is Cc1cc(Cl)cc(C)c1Oc1cc(N)nc(C(C)C)n1. The highest BCUT2D eigenvalue weighted by Crippen LogP contribution is 2.31. The van der Waals surface area contributed by atoms with Crippen LogP contribution in [0.3, 0.4) is 0 Å². The summed E-state index contributed by atoms with van der Waals surface area (Å²) in [5.41, 5.74) is 7.71. The molecule has 2 N–H and O–H groups in total. The second-order valence-corrected chi connectivity index (χ2v) is 5.55. The Kier molecular flexibility index (Phi) is 4.14. The van der Waals surface area contributed by atoms with Crippen LogP contribution in [0.1, 0.15) is 36.7 Å². The van der Waals surface area contributed by atoms with Crippen LogP contribution in [0.15, 0.2) is 18.2 Å². The fourth-order valence-electron chi connectivity index (χ4n) is 1.93. The minimum atomic E-state index is 0.188. The highest BCUT2D eigenvalue weighted by Gasteiger charge is 2.11. The highest BCUT2D eigenvalue weighted by molar-refractivity contribution is 6.30. The molecule has 5 heteroatoms. The Hall–Kier alpha value is -1.81. The maximum absolute atomic E-state index is 6.02. The number of hydrogen-bond donors (Lipinski definition) is 1. The summed E-state index contributed by atoms with van der Waals surface area (Å²) in [5.74, 6) is 2.47. The number of hydrogen-bond acceptors (Lipinski definition) is 4. The minimum absolute atomic E-state index is 0.188. The Bertz CT molecular complexity index is 618. The van der Waals surface area contributed by atoms with Crippen LogP contribution in [0.4, 0.5) is 5.82 Å². The number of aryl methyl sites for hydroxylation is 2. The van der Waals surface area contributed by atoms with Gasteiger partial charge in [-0.05, 0) is 37.1 Å². The van der Waals surface area contributed by atoms with Gasteiger partial charge in [-0.2, -0.15) is 4.98 Å². The summed E-state index contributed by atoms with van der Waals surface area (Å²) in [6.45, 7) is 7.92. The fourth-order valence-corrected chi connectivity index (χ4v) is 2.26. The van der Waals surface area contributed by atoms with Gasteiger partial charge in [-0.3, -0.25) is 0 Å². The van der Waals surface area contributed by atoms with Gasteiger partial charge in [0.1, 0.15) is 17.4 Å². The van der Waals surface area contributed by atoms with Gasteiger partial charge in [0.05, 0.1) is 0 Å². The van der Waals surface area contributed by atoms with E-state index >= 15 is 0 Å². The molecule has 0 amide bonds. The average Bonchev–Trinajstić information content (AvgIpc) is 2.33. The van der Waals surface area contributed by atoms with E-state index in [2.05, 4.69) is 9.97 Å². The number of nitrogens with two attached hydrogens (primary N) is 1. The lowest BCUT2D eigenvalue weighted by Crippen LogP contribution is -2.03. The Morgan fingerprint density at radius 1 is 1.10 bits per heavy atom. The molecule has 0 unspecified atom stereocenters. The van der Waals surface area contributed by atoms with Crippen molar-refractivity contribution >= 4 is 17.4 Å². The van der Waals surface area contributed by atoms with Crippen molar-refractivity contribution in [2.75, 3.05) is 5.73 Å². The predicted molar refractivity (Wildman–Crippen MR) is 81.5 cm³/mol. The van der Waals surface area contributed by atoms with Gasteiger partial charge in [0.25, 0.3) is 0 Å². The third kappa shape index (κ3) is 3.20. The second kappa shape index (κ2) is 5.67. The van der Waals surface area contributed by atoms with Gasteiger partial charge in [-0.25, -0.2) is 4.98 Å². The summed E-state index contributed by atoms with van der Waals surface area (Å²) in [5, 5.41) is 0.692. The van der Waals surface area contributed by atoms with E-state index in [4.69, 9.17) is 22.1 Å². The van der Waals surface area contributed by atoms with Gasteiger partial charge < -0.3 is 10.5 Å². The van der Waals surface area contributed by atoms with Gasteiger partial charge in [0.15, 0.2) is 0 Å². The van der Waals surface area contributed by atoms with Crippen molar-refractivity contribution in [2.24, 2.45) is 0 Å². The van der Waals surface area contributed by atoms with Crippen molar-refractivity contribution in [3.63, 3.8) is 0 Å². The first-order chi connectivity index (χ1) is 9.36. The largest absolute Gasteiger partial charge is 0.438 e. The van der Waals surface area contributed by atoms with Gasteiger partial charge >= 0.3 is 0 Å². The lowest BCUT2D eigenvalue weighted by atomic mass is 10.1. The van der Waals surface area contributed by atoms with Crippen molar-refractivity contribution in [1.29, 1.82) is 0 Å². The van der Waals surface area contributed by atoms with Crippen molar-refractivity contribution in [3.05, 3.63) is 40.2 Å². The maximum atomic E-state index is 6.02. The molecule has 0 spiro atoms. The first kappa shape index (κ1) is 14.6. The van der Waals surface area contributed by atoms with E-state index in [1.807, 2.05) is 39.8 Å². The van der Waals surface area contributed by atoms with Crippen LogP contribution in [-0.2, 0) is 0 Å². The molecule has 0 fully saturated rings. The summed E-state index contributed by atoms with van der Waals surface area (Å²) in [6.07, 6.45) is 0. The van der Waals surface area contributed by atoms with Crippen LogP contribution < -0.4 is 10.5 Å². The molecule has 1 heterocycles. The van der Waals surface area contributed by atoms with Crippen molar-refractivity contribution in [3.8, 4) is 11.6 Å². The quantitative estimate of drug-likeness (QED) is 0.918. The molecular weight excluding hydrogens is 274 g/mol. The molecule has 0 aliphatic carbocycles. The number of ether oxygens (including phenoxy) is 1. The molecule has 0 bridgehead atoms. The molecule has 1 aromatic heterocycles. The third-order valence-electron chi connectivity index (χ3n) is 2.89. The smallest absolute Gasteiger partial charge is 0.224 e. The minimum Gasteiger partial charge on any atom is -0.438 e. The normalized spacial score (nSPS) is 10.9. The number of nitrogen functional groups attached to an aromatic ring is 1. The summed E-state index contributed by atoms with van der Waals surface area (Å²) in [6, 6.07) is 5.34. The van der Waals surface area contributed by atoms with Crippen LogP contribution in [0.5, 0.6) is 11.6 Å². The van der Waals surface area contributed by atoms with Crippen molar-refractivity contribution < 1.29 is 4.74 Å². The first-order valence-corrected chi connectivity index (χ1v) is 6.83. The number of halogens is 1. The molecule has 0 aliphatic rings. The molecule has 106 valence electrons. The molecule has 2 rings (SSSR count). The number of nitrogens with zero attached hydrogens (tertiary/aromatic N) is 2. The topological polar surface area (TPSA) is 61.0 Å². The number of rotatable bonds is 3. The van der Waals surface area contributed by atoms with Crippen LogP contribution in [0.25, 0.3) is 0 Å². The molecule has 2 aromatic rings. The number of aromatic nitrogens is 2. The lowest BCUT2D eigenvalue weighted by molar-refractivity contribution is 0.451. The van der Waals surface area contributed by atoms with E-state index in [-0.39, 0.29) is 5.92 Å². The fraction of sp³-hybridized carbons (Fsp3) is 0.333. The van der Waals surface area contributed by atoms with E-state index in [1.54, 1.807) is 6.07 Å². The first-order valence-electron chi connectivity index (χ1n) is 6.46. The Morgan fingerprint density at radius 3 is 2.25 bits per heavy atom. The van der Waals surface area contributed by atoms with Gasteiger partial charge in [0, 0.05) is 17.0 Å². The van der Waals surface area contributed by atoms with E-state index < -0.39 is 0 Å². The third-order valence-corrected chi connectivity index (χ3v) is 3.11. The van der Waals surface area contributed by atoms with Gasteiger partial charge in [0.2, 0.25) is 5.88 Å². The Balaban J connectivity index is 2.40. The van der Waals surface area contributed by atoms with Crippen LogP contribution >= 0.6 is 11.6 Å². The summed E-state index contributed by atoms with van der Waals surface area (Å²) >= 11 is 6.02. The Morgan fingerprint density at radius 2 is 1.70 bits per heavy atom. The zero-order valence-corrected chi connectivity index (χ0v) is 12.8. The average molecular weight is 292 g/mol. The molecule has 0 atom stereocenters. The monoisotopic (exact) mass is 291 g/mol. The highest BCUT2D eigenvalue weighted by atomic mass is 35.5. The molecular formula is C15H18ClN3O. The van der Waals surface area contributed by atoms with Crippen LogP contribution in [0, 0.1) is 13.8 Å². The predicted octanol–water partition coefficient (Wildman–Crippen LogP) is 4.24. The molecule has 1 aromatic carbocycles. The lowest BCUT2D eigenvalue weighted by Gasteiger charge is -2.13. The second-order valence-electron chi connectivity index (χ2n) is 5.11. The standard InChI is InChI=1S/C15H18ClN3O/c1-8(2)15-18-12(17)7-13(19-15)20-14-9(3)5-11(16)6-10(14)4/h5-8H,1-4H3,(H2,17,18,19). The zero-order chi connectivity index (χ0) is 14.9. The molecule has 4 nitrogen and oxygen atoms in total. The van der Waals surface area contributed by atoms with Gasteiger partial charge in [-0.1, -0.05) is 25.4 Å². The van der Waals surface area contributed by atoms with Gasteiger partial charge in [-0.15, -0.1) is 0 Å². The summed E-state index contributed by atoms with van der Waals surface area (Å²) in [7, 11) is 0. The molecule has 0 aliphatic heterocycles. The molecule has 0 saturated heterocycles. The van der Waals surface area contributed by atoms with E-state index in [1.165, 1.54) is 0 Å². The molecule has 20 heavy (non-hydrogen) atoms. The van der Waals surface area contributed by atoms with Crippen molar-refractivity contribution in [1.82, 2.24) is 9.97 Å². The summed E-state index contributed by atoms with van der Waals surface area (Å²) in [4.78, 5) is 8.59. The van der Waals surface area contributed by atoms with E-state index in [0.717, 1.165) is 16.9 Å². The summed E-state index contributed by atoms with van der Waals surface area (Å²) < 4.78 is 5.88. The van der Waals surface area contributed by atoms with E-state index in [0.29, 0.717) is 22.5 Å². The Labute approximate surface area is 124 Å².